The number of hydrogen-bond acceptors (Lipinski definition) is 7. The third-order valence-electron chi connectivity index (χ3n) is 6.32. The van der Waals surface area contributed by atoms with E-state index < -0.39 is 29.3 Å². The summed E-state index contributed by atoms with van der Waals surface area (Å²) in [5.74, 6) is 0.543. The summed E-state index contributed by atoms with van der Waals surface area (Å²) in [4.78, 5) is 31.6. The van der Waals surface area contributed by atoms with Gasteiger partial charge >= 0.3 is 12.1 Å². The highest BCUT2D eigenvalue weighted by atomic mass is 32.1. The lowest BCUT2D eigenvalue weighted by atomic mass is 9.96. The van der Waals surface area contributed by atoms with Crippen LogP contribution in [0.2, 0.25) is 0 Å². The molecule has 4 aromatic rings. The van der Waals surface area contributed by atoms with Crippen molar-refractivity contribution in [1.82, 2.24) is 4.57 Å². The summed E-state index contributed by atoms with van der Waals surface area (Å²) in [7, 11) is 1.54. The standard InChI is InChI=1S/C29H23F3N2O5S/c1-4-38-27(36)24-16(2)33-28-34(25(24)17-8-10-20(37-3)11-9-17)26(35)23(40-28)15-21-12-13-22(39-21)18-6-5-7-19(14-18)29(30,31)32/h5-15,25H,4H2,1-3H3/b23-15-. The van der Waals surface area contributed by atoms with Gasteiger partial charge in [-0.3, -0.25) is 9.36 Å². The SMILES string of the molecule is CCOC(=O)C1=C(C)N=c2s/c(=C\c3ccc(-c4cccc(C(F)(F)F)c4)o3)c(=O)n2C1c1ccc(OC)cc1. The fourth-order valence-electron chi connectivity index (χ4n) is 4.46. The van der Waals surface area contributed by atoms with E-state index in [2.05, 4.69) is 4.99 Å². The Bertz CT molecular complexity index is 1800. The number of fused-ring (bicyclic) bond motifs is 1. The molecular weight excluding hydrogens is 545 g/mol. The fourth-order valence-corrected chi connectivity index (χ4v) is 5.48. The van der Waals surface area contributed by atoms with Crippen LogP contribution in [-0.2, 0) is 15.7 Å². The van der Waals surface area contributed by atoms with Crippen LogP contribution in [0.15, 0.2) is 86.1 Å². The second-order valence-corrected chi connectivity index (χ2v) is 9.87. The number of allylic oxidation sites excluding steroid dienone is 1. The normalized spacial score (nSPS) is 15.6. The number of halogens is 3. The van der Waals surface area contributed by atoms with Gasteiger partial charge in [-0.25, -0.2) is 9.79 Å². The Hall–Kier alpha value is -4.38. The third kappa shape index (κ3) is 5.12. The summed E-state index contributed by atoms with van der Waals surface area (Å²) in [5, 5.41) is 0. The average molecular weight is 569 g/mol. The predicted molar refractivity (Wildman–Crippen MR) is 143 cm³/mol. The monoisotopic (exact) mass is 568 g/mol. The van der Waals surface area contributed by atoms with E-state index in [4.69, 9.17) is 13.9 Å². The number of carbonyl (C=O) groups excluding carboxylic acids is 1. The van der Waals surface area contributed by atoms with Gasteiger partial charge in [0.1, 0.15) is 17.3 Å². The number of nitrogens with zero attached hydrogens (tertiary/aromatic N) is 2. The van der Waals surface area contributed by atoms with Crippen LogP contribution in [-0.4, -0.2) is 24.3 Å². The van der Waals surface area contributed by atoms with Crippen LogP contribution >= 0.6 is 11.3 Å². The van der Waals surface area contributed by atoms with E-state index in [1.54, 1.807) is 57.4 Å². The van der Waals surface area contributed by atoms with E-state index in [-0.39, 0.29) is 33.8 Å². The number of methoxy groups -OCH3 is 1. The Balaban J connectivity index is 1.60. The zero-order valence-electron chi connectivity index (χ0n) is 21.6. The smallest absolute Gasteiger partial charge is 0.416 e. The van der Waals surface area contributed by atoms with Crippen molar-refractivity contribution in [2.75, 3.05) is 13.7 Å². The highest BCUT2D eigenvalue weighted by Crippen LogP contribution is 2.33. The molecule has 0 saturated carbocycles. The minimum absolute atomic E-state index is 0.155. The number of rotatable bonds is 6. The molecule has 2 aromatic carbocycles. The molecule has 0 N–H and O–H groups in total. The zero-order chi connectivity index (χ0) is 28.6. The maximum Gasteiger partial charge on any atom is 0.416 e. The molecule has 0 radical (unpaired) electrons. The van der Waals surface area contributed by atoms with Crippen LogP contribution < -0.4 is 19.6 Å². The number of benzene rings is 2. The molecule has 1 atom stereocenters. The molecule has 1 aliphatic heterocycles. The number of aromatic nitrogens is 1. The third-order valence-corrected chi connectivity index (χ3v) is 7.31. The van der Waals surface area contributed by atoms with E-state index in [0.717, 1.165) is 23.5 Å². The summed E-state index contributed by atoms with van der Waals surface area (Å²) in [6, 6.07) is 14.2. The average Bonchev–Trinajstić information content (AvgIpc) is 3.52. The molecule has 0 bridgehead atoms. The van der Waals surface area contributed by atoms with Crippen LogP contribution in [0, 0.1) is 0 Å². The molecule has 0 amide bonds. The molecule has 40 heavy (non-hydrogen) atoms. The summed E-state index contributed by atoms with van der Waals surface area (Å²) in [5.41, 5.74) is 0.395. The Kier molecular flexibility index (Phi) is 7.24. The molecule has 0 aliphatic carbocycles. The maximum absolute atomic E-state index is 13.7. The van der Waals surface area contributed by atoms with Gasteiger partial charge in [0, 0.05) is 11.6 Å². The predicted octanol–water partition coefficient (Wildman–Crippen LogP) is 5.09. The minimum atomic E-state index is -4.49. The van der Waals surface area contributed by atoms with E-state index in [1.807, 2.05) is 0 Å². The summed E-state index contributed by atoms with van der Waals surface area (Å²) < 4.78 is 57.5. The molecule has 5 rings (SSSR count). The van der Waals surface area contributed by atoms with Gasteiger partial charge in [0.2, 0.25) is 0 Å². The van der Waals surface area contributed by atoms with Gasteiger partial charge in [0.15, 0.2) is 4.80 Å². The summed E-state index contributed by atoms with van der Waals surface area (Å²) in [6.45, 7) is 3.54. The van der Waals surface area contributed by atoms with Gasteiger partial charge in [-0.15, -0.1) is 0 Å². The van der Waals surface area contributed by atoms with E-state index in [0.29, 0.717) is 21.8 Å². The number of esters is 1. The molecule has 0 fully saturated rings. The van der Waals surface area contributed by atoms with Gasteiger partial charge in [0.05, 0.1) is 41.1 Å². The molecule has 7 nitrogen and oxygen atoms in total. The van der Waals surface area contributed by atoms with Crippen LogP contribution in [0.25, 0.3) is 17.4 Å². The van der Waals surface area contributed by atoms with Crippen LogP contribution in [0.1, 0.15) is 36.8 Å². The van der Waals surface area contributed by atoms with Crippen molar-refractivity contribution in [1.29, 1.82) is 0 Å². The van der Waals surface area contributed by atoms with Crippen molar-refractivity contribution in [3.8, 4) is 17.1 Å². The lowest BCUT2D eigenvalue weighted by Gasteiger charge is -2.24. The van der Waals surface area contributed by atoms with Gasteiger partial charge in [-0.2, -0.15) is 13.2 Å². The fraction of sp³-hybridized carbons (Fsp3) is 0.207. The molecule has 11 heteroatoms. The van der Waals surface area contributed by atoms with Crippen molar-refractivity contribution in [2.45, 2.75) is 26.1 Å². The van der Waals surface area contributed by atoms with Crippen molar-refractivity contribution in [2.24, 2.45) is 4.99 Å². The quantitative estimate of drug-likeness (QED) is 0.303. The Morgan fingerprint density at radius 2 is 1.90 bits per heavy atom. The topological polar surface area (TPSA) is 83.0 Å². The Morgan fingerprint density at radius 1 is 1.15 bits per heavy atom. The molecule has 1 unspecified atom stereocenters. The van der Waals surface area contributed by atoms with Crippen LogP contribution in [0.3, 0.4) is 0 Å². The lowest BCUT2D eigenvalue weighted by molar-refractivity contribution is -0.139. The highest BCUT2D eigenvalue weighted by molar-refractivity contribution is 7.07. The van der Waals surface area contributed by atoms with E-state index in [1.165, 1.54) is 22.8 Å². The largest absolute Gasteiger partial charge is 0.497 e. The van der Waals surface area contributed by atoms with Crippen LogP contribution in [0.4, 0.5) is 13.2 Å². The van der Waals surface area contributed by atoms with Crippen molar-refractivity contribution in [3.63, 3.8) is 0 Å². The first-order valence-corrected chi connectivity index (χ1v) is 13.0. The number of hydrogen-bond donors (Lipinski definition) is 0. The van der Waals surface area contributed by atoms with Gasteiger partial charge in [-0.05, 0) is 55.8 Å². The van der Waals surface area contributed by atoms with Gasteiger partial charge in [-0.1, -0.05) is 35.6 Å². The molecule has 3 heterocycles. The second kappa shape index (κ2) is 10.6. The Labute approximate surface area is 230 Å². The number of furan rings is 1. The number of thiazole rings is 1. The van der Waals surface area contributed by atoms with Crippen LogP contribution in [0.5, 0.6) is 5.75 Å². The molecule has 206 valence electrons. The number of ether oxygens (including phenoxy) is 2. The van der Waals surface area contributed by atoms with Gasteiger partial charge < -0.3 is 13.9 Å². The van der Waals surface area contributed by atoms with Crippen molar-refractivity contribution in [3.05, 3.63) is 109 Å². The molecule has 2 aromatic heterocycles. The number of alkyl halides is 3. The van der Waals surface area contributed by atoms with Gasteiger partial charge in [0.25, 0.3) is 5.56 Å². The first kappa shape index (κ1) is 27.2. The summed E-state index contributed by atoms with van der Waals surface area (Å²) >= 11 is 1.11. The van der Waals surface area contributed by atoms with Crippen molar-refractivity contribution >= 4 is 23.4 Å². The second-order valence-electron chi connectivity index (χ2n) is 8.86. The van der Waals surface area contributed by atoms with E-state index >= 15 is 0 Å². The highest BCUT2D eigenvalue weighted by Gasteiger charge is 2.33. The van der Waals surface area contributed by atoms with E-state index in [9.17, 15) is 22.8 Å². The van der Waals surface area contributed by atoms with Crippen molar-refractivity contribution < 1.29 is 31.9 Å². The first-order valence-electron chi connectivity index (χ1n) is 12.2. The number of carbonyl (C=O) groups is 1. The molecule has 1 aliphatic rings. The molecular formula is C29H23F3N2O5S. The molecule has 0 saturated heterocycles. The minimum Gasteiger partial charge on any atom is -0.497 e. The molecule has 0 spiro atoms. The maximum atomic E-state index is 13.7. The summed E-state index contributed by atoms with van der Waals surface area (Å²) in [6.07, 6.45) is -2.98. The first-order chi connectivity index (χ1) is 19.1. The Morgan fingerprint density at radius 3 is 2.58 bits per heavy atom. The lowest BCUT2D eigenvalue weighted by Crippen LogP contribution is -2.39. The zero-order valence-corrected chi connectivity index (χ0v) is 22.4.